The Morgan fingerprint density at radius 3 is 2.71 bits per heavy atom. The number of hydrogen-bond acceptors (Lipinski definition) is 4. The summed E-state index contributed by atoms with van der Waals surface area (Å²) in [5.41, 5.74) is 0.423. The molecule has 0 bridgehead atoms. The van der Waals surface area contributed by atoms with Gasteiger partial charge in [-0.1, -0.05) is 15.9 Å². The van der Waals surface area contributed by atoms with Crippen molar-refractivity contribution in [3.05, 3.63) is 52.5 Å². The molecule has 1 aromatic carbocycles. The molecule has 0 saturated heterocycles. The summed E-state index contributed by atoms with van der Waals surface area (Å²) in [7, 11) is 0. The molecule has 0 amide bonds. The largest absolute Gasteiger partial charge is 0.296 e. The molecule has 1 heterocycles. The lowest BCUT2D eigenvalue weighted by atomic mass is 10.4. The molecule has 2 rings (SSSR count). The van der Waals surface area contributed by atoms with Crippen molar-refractivity contribution in [3.8, 4) is 0 Å². The molecule has 17 heavy (non-hydrogen) atoms. The first-order chi connectivity index (χ1) is 8.28. The Labute approximate surface area is 112 Å². The van der Waals surface area contributed by atoms with E-state index in [1.165, 1.54) is 0 Å². The lowest BCUT2D eigenvalue weighted by molar-refractivity contribution is 0.111. The second kappa shape index (κ2) is 5.93. The topological polar surface area (TPSA) is 42.9 Å². The van der Waals surface area contributed by atoms with Crippen LogP contribution in [0.2, 0.25) is 0 Å². The van der Waals surface area contributed by atoms with E-state index in [0.29, 0.717) is 17.3 Å². The van der Waals surface area contributed by atoms with E-state index in [4.69, 9.17) is 0 Å². The van der Waals surface area contributed by atoms with Crippen LogP contribution in [0.5, 0.6) is 0 Å². The zero-order valence-electron chi connectivity index (χ0n) is 8.84. The van der Waals surface area contributed by atoms with Crippen LogP contribution in [-0.2, 0) is 5.75 Å². The molecule has 0 fully saturated rings. The lowest BCUT2D eigenvalue weighted by Gasteiger charge is -2.01. The number of nitrogens with zero attached hydrogens (tertiary/aromatic N) is 2. The Morgan fingerprint density at radius 2 is 2.00 bits per heavy atom. The molecular formula is C12H9BrN2OS. The van der Waals surface area contributed by atoms with Crippen molar-refractivity contribution in [2.45, 2.75) is 10.6 Å². The summed E-state index contributed by atoms with van der Waals surface area (Å²) in [6, 6.07) is 9.63. The average Bonchev–Trinajstić information content (AvgIpc) is 2.38. The zero-order chi connectivity index (χ0) is 12.1. The molecule has 0 radical (unpaired) electrons. The summed E-state index contributed by atoms with van der Waals surface area (Å²) < 4.78 is 1.06. The van der Waals surface area contributed by atoms with Crippen LogP contribution >= 0.6 is 27.7 Å². The fourth-order valence-corrected chi connectivity index (χ4v) is 2.26. The number of carbonyl (C=O) groups excluding carboxylic acids is 1. The second-order valence-corrected chi connectivity index (χ2v) is 5.22. The molecule has 0 spiro atoms. The number of aromatic nitrogens is 2. The van der Waals surface area contributed by atoms with Crippen LogP contribution in [-0.4, -0.2) is 16.3 Å². The molecule has 0 saturated carbocycles. The number of halogens is 1. The normalized spacial score (nSPS) is 10.2. The van der Waals surface area contributed by atoms with Crippen LogP contribution in [0.15, 0.2) is 45.9 Å². The summed E-state index contributed by atoms with van der Waals surface area (Å²) in [6.07, 6.45) is 2.34. The summed E-state index contributed by atoms with van der Waals surface area (Å²) >= 11 is 5.03. The fraction of sp³-hybridized carbons (Fsp3) is 0.0833. The maximum absolute atomic E-state index is 10.6. The predicted octanol–water partition coefficient (Wildman–Crippen LogP) is 3.34. The monoisotopic (exact) mass is 308 g/mol. The van der Waals surface area contributed by atoms with Crippen molar-refractivity contribution in [2.24, 2.45) is 0 Å². The summed E-state index contributed by atoms with van der Waals surface area (Å²) in [5, 5.41) is 0. The molecule has 3 nitrogen and oxygen atoms in total. The number of benzene rings is 1. The molecule has 0 atom stereocenters. The Morgan fingerprint density at radius 1 is 1.24 bits per heavy atom. The van der Waals surface area contributed by atoms with Crippen molar-refractivity contribution in [1.82, 2.24) is 9.97 Å². The van der Waals surface area contributed by atoms with Gasteiger partial charge in [-0.15, -0.1) is 11.8 Å². The van der Waals surface area contributed by atoms with Gasteiger partial charge in [-0.2, -0.15) is 0 Å². The lowest BCUT2D eigenvalue weighted by Crippen LogP contribution is -1.95. The highest BCUT2D eigenvalue weighted by atomic mass is 79.9. The van der Waals surface area contributed by atoms with Gasteiger partial charge in [-0.25, -0.2) is 9.97 Å². The highest BCUT2D eigenvalue weighted by Crippen LogP contribution is 2.22. The van der Waals surface area contributed by atoms with Gasteiger partial charge in [0.25, 0.3) is 0 Å². The van der Waals surface area contributed by atoms with E-state index in [9.17, 15) is 4.79 Å². The van der Waals surface area contributed by atoms with Gasteiger partial charge >= 0.3 is 0 Å². The van der Waals surface area contributed by atoms with Crippen LogP contribution in [0, 0.1) is 0 Å². The third-order valence-corrected chi connectivity index (χ3v) is 3.57. The average molecular weight is 309 g/mol. The minimum absolute atomic E-state index is 0.423. The Hall–Kier alpha value is -1.20. The molecule has 5 heteroatoms. The molecule has 0 aliphatic carbocycles. The summed E-state index contributed by atoms with van der Waals surface area (Å²) in [4.78, 5) is 19.9. The van der Waals surface area contributed by atoms with Crippen LogP contribution in [0.1, 0.15) is 16.3 Å². The highest BCUT2D eigenvalue weighted by molar-refractivity contribution is 9.10. The first-order valence-electron chi connectivity index (χ1n) is 4.93. The number of thioether (sulfide) groups is 1. The Balaban J connectivity index is 2.01. The molecule has 2 aromatic rings. The van der Waals surface area contributed by atoms with E-state index in [1.54, 1.807) is 24.0 Å². The van der Waals surface area contributed by atoms with Gasteiger partial charge in [-0.3, -0.25) is 4.79 Å². The number of hydrogen-bond donors (Lipinski definition) is 0. The van der Waals surface area contributed by atoms with E-state index in [-0.39, 0.29) is 0 Å². The molecule has 0 aliphatic rings. The van der Waals surface area contributed by atoms with Crippen molar-refractivity contribution in [2.75, 3.05) is 0 Å². The SMILES string of the molecule is O=Cc1ccnc(CSc2ccc(Br)cc2)n1. The van der Waals surface area contributed by atoms with Gasteiger partial charge in [0.1, 0.15) is 11.5 Å². The van der Waals surface area contributed by atoms with Crippen molar-refractivity contribution in [3.63, 3.8) is 0 Å². The van der Waals surface area contributed by atoms with Crippen molar-refractivity contribution < 1.29 is 4.79 Å². The van der Waals surface area contributed by atoms with E-state index in [1.807, 2.05) is 24.3 Å². The van der Waals surface area contributed by atoms with Gasteiger partial charge in [0.05, 0.1) is 5.75 Å². The first-order valence-corrected chi connectivity index (χ1v) is 6.71. The molecule has 0 aliphatic heterocycles. The van der Waals surface area contributed by atoms with Gasteiger partial charge in [0.2, 0.25) is 0 Å². The van der Waals surface area contributed by atoms with Crippen LogP contribution in [0.3, 0.4) is 0 Å². The zero-order valence-corrected chi connectivity index (χ0v) is 11.2. The standard InChI is InChI=1S/C12H9BrN2OS/c13-9-1-3-11(4-2-9)17-8-12-14-6-5-10(7-16)15-12/h1-7H,8H2. The maximum Gasteiger partial charge on any atom is 0.168 e. The van der Waals surface area contributed by atoms with Crippen molar-refractivity contribution in [1.29, 1.82) is 0 Å². The number of rotatable bonds is 4. The van der Waals surface area contributed by atoms with E-state index in [2.05, 4.69) is 25.9 Å². The van der Waals surface area contributed by atoms with Crippen LogP contribution in [0.25, 0.3) is 0 Å². The minimum atomic E-state index is 0.423. The van der Waals surface area contributed by atoms with Gasteiger partial charge in [0.15, 0.2) is 6.29 Å². The summed E-state index contributed by atoms with van der Waals surface area (Å²) in [6.45, 7) is 0. The van der Waals surface area contributed by atoms with E-state index < -0.39 is 0 Å². The van der Waals surface area contributed by atoms with Crippen LogP contribution < -0.4 is 0 Å². The van der Waals surface area contributed by atoms with E-state index >= 15 is 0 Å². The summed E-state index contributed by atoms with van der Waals surface area (Å²) in [5.74, 6) is 1.33. The van der Waals surface area contributed by atoms with Gasteiger partial charge in [-0.05, 0) is 30.3 Å². The first kappa shape index (κ1) is 12.3. The second-order valence-electron chi connectivity index (χ2n) is 3.26. The molecule has 0 N–H and O–H groups in total. The third-order valence-electron chi connectivity index (χ3n) is 2.03. The molecule has 0 unspecified atom stereocenters. The fourth-order valence-electron chi connectivity index (χ4n) is 1.23. The van der Waals surface area contributed by atoms with Crippen LogP contribution in [0.4, 0.5) is 0 Å². The van der Waals surface area contributed by atoms with Gasteiger partial charge in [0, 0.05) is 15.6 Å². The molecule has 1 aromatic heterocycles. The Bertz CT molecular complexity index is 516. The van der Waals surface area contributed by atoms with E-state index in [0.717, 1.165) is 15.7 Å². The maximum atomic E-state index is 10.6. The quantitative estimate of drug-likeness (QED) is 0.642. The Kier molecular flexibility index (Phi) is 4.28. The van der Waals surface area contributed by atoms with Crippen molar-refractivity contribution >= 4 is 34.0 Å². The number of aldehydes is 1. The van der Waals surface area contributed by atoms with Gasteiger partial charge < -0.3 is 0 Å². The predicted molar refractivity (Wildman–Crippen MR) is 71.1 cm³/mol. The number of carbonyl (C=O) groups is 1. The highest BCUT2D eigenvalue weighted by Gasteiger charge is 2.00. The molecular weight excluding hydrogens is 300 g/mol. The third kappa shape index (κ3) is 3.64. The smallest absolute Gasteiger partial charge is 0.168 e. The molecule has 86 valence electrons. The minimum Gasteiger partial charge on any atom is -0.296 e.